The SMILES string of the molecule is CC(CN)C(=O)NCc1nc(-c2ccccc2)no1. The number of nitrogens with two attached hydrogens (primary N) is 1. The molecule has 1 aromatic carbocycles. The van der Waals surface area contributed by atoms with Gasteiger partial charge in [0.1, 0.15) is 0 Å². The van der Waals surface area contributed by atoms with E-state index >= 15 is 0 Å². The van der Waals surface area contributed by atoms with Gasteiger partial charge < -0.3 is 15.6 Å². The molecule has 0 aliphatic heterocycles. The Morgan fingerprint density at radius 3 is 2.84 bits per heavy atom. The van der Waals surface area contributed by atoms with Crippen LogP contribution in [-0.2, 0) is 11.3 Å². The van der Waals surface area contributed by atoms with Crippen molar-refractivity contribution in [2.24, 2.45) is 11.7 Å². The first-order valence-corrected chi connectivity index (χ1v) is 6.06. The van der Waals surface area contributed by atoms with Gasteiger partial charge in [-0.2, -0.15) is 4.98 Å². The molecule has 0 radical (unpaired) electrons. The number of nitrogens with zero attached hydrogens (tertiary/aromatic N) is 2. The van der Waals surface area contributed by atoms with E-state index in [-0.39, 0.29) is 18.4 Å². The molecule has 6 heteroatoms. The fourth-order valence-electron chi connectivity index (χ4n) is 1.48. The molecular weight excluding hydrogens is 244 g/mol. The molecule has 100 valence electrons. The lowest BCUT2D eigenvalue weighted by atomic mass is 10.2. The molecule has 2 aromatic rings. The van der Waals surface area contributed by atoms with E-state index in [0.29, 0.717) is 18.3 Å². The average Bonchev–Trinajstić information content (AvgIpc) is 2.93. The zero-order valence-electron chi connectivity index (χ0n) is 10.7. The lowest BCUT2D eigenvalue weighted by Gasteiger charge is -2.07. The highest BCUT2D eigenvalue weighted by atomic mass is 16.5. The maximum atomic E-state index is 11.5. The largest absolute Gasteiger partial charge is 0.347 e. The minimum atomic E-state index is -0.225. The van der Waals surface area contributed by atoms with Gasteiger partial charge in [0.15, 0.2) is 0 Å². The van der Waals surface area contributed by atoms with Gasteiger partial charge in [0.25, 0.3) is 0 Å². The highest BCUT2D eigenvalue weighted by molar-refractivity contribution is 5.78. The molecule has 0 fully saturated rings. The second-order valence-corrected chi connectivity index (χ2v) is 4.23. The number of hydrogen-bond acceptors (Lipinski definition) is 5. The van der Waals surface area contributed by atoms with Gasteiger partial charge in [-0.25, -0.2) is 0 Å². The predicted molar refractivity (Wildman–Crippen MR) is 69.8 cm³/mol. The third-order valence-corrected chi connectivity index (χ3v) is 2.72. The molecule has 1 unspecified atom stereocenters. The Morgan fingerprint density at radius 1 is 1.42 bits per heavy atom. The predicted octanol–water partition coefficient (Wildman–Crippen LogP) is 0.948. The van der Waals surface area contributed by atoms with E-state index in [2.05, 4.69) is 15.5 Å². The number of hydrogen-bond donors (Lipinski definition) is 2. The Hall–Kier alpha value is -2.21. The van der Waals surface area contributed by atoms with Crippen LogP contribution in [0.5, 0.6) is 0 Å². The second kappa shape index (κ2) is 6.10. The number of nitrogens with one attached hydrogen (secondary N) is 1. The highest BCUT2D eigenvalue weighted by Gasteiger charge is 2.13. The van der Waals surface area contributed by atoms with E-state index in [1.54, 1.807) is 6.92 Å². The summed E-state index contributed by atoms with van der Waals surface area (Å²) in [5, 5.41) is 6.57. The zero-order chi connectivity index (χ0) is 13.7. The van der Waals surface area contributed by atoms with E-state index in [0.717, 1.165) is 5.56 Å². The first kappa shape index (κ1) is 13.2. The van der Waals surface area contributed by atoms with Gasteiger partial charge in [0, 0.05) is 18.0 Å². The molecule has 19 heavy (non-hydrogen) atoms. The zero-order valence-corrected chi connectivity index (χ0v) is 10.7. The van der Waals surface area contributed by atoms with Gasteiger partial charge in [-0.15, -0.1) is 0 Å². The third-order valence-electron chi connectivity index (χ3n) is 2.72. The molecule has 0 spiro atoms. The third kappa shape index (κ3) is 3.38. The van der Waals surface area contributed by atoms with Crippen LogP contribution in [0.1, 0.15) is 12.8 Å². The fourth-order valence-corrected chi connectivity index (χ4v) is 1.48. The van der Waals surface area contributed by atoms with Crippen molar-refractivity contribution < 1.29 is 9.32 Å². The van der Waals surface area contributed by atoms with Gasteiger partial charge in [0.2, 0.25) is 17.6 Å². The van der Waals surface area contributed by atoms with E-state index in [1.807, 2.05) is 30.3 Å². The molecule has 0 saturated heterocycles. The lowest BCUT2D eigenvalue weighted by molar-refractivity contribution is -0.124. The molecular formula is C13H16N4O2. The Labute approximate surface area is 111 Å². The lowest BCUT2D eigenvalue weighted by Crippen LogP contribution is -2.32. The smallest absolute Gasteiger partial charge is 0.246 e. The molecule has 3 N–H and O–H groups in total. The van der Waals surface area contributed by atoms with Crippen LogP contribution in [-0.4, -0.2) is 22.6 Å². The van der Waals surface area contributed by atoms with Gasteiger partial charge in [-0.1, -0.05) is 42.4 Å². The van der Waals surface area contributed by atoms with Gasteiger partial charge in [-0.3, -0.25) is 4.79 Å². The van der Waals surface area contributed by atoms with Crippen molar-refractivity contribution in [3.63, 3.8) is 0 Å². The molecule has 1 atom stereocenters. The monoisotopic (exact) mass is 260 g/mol. The molecule has 0 aliphatic rings. The molecule has 1 amide bonds. The maximum Gasteiger partial charge on any atom is 0.246 e. The van der Waals surface area contributed by atoms with E-state index < -0.39 is 0 Å². The van der Waals surface area contributed by atoms with Crippen LogP contribution in [0.3, 0.4) is 0 Å². The Balaban J connectivity index is 1.97. The van der Waals surface area contributed by atoms with E-state index in [9.17, 15) is 4.79 Å². The van der Waals surface area contributed by atoms with Crippen molar-refractivity contribution in [2.75, 3.05) is 6.54 Å². The Bertz CT molecular complexity index is 539. The van der Waals surface area contributed by atoms with Crippen molar-refractivity contribution in [1.29, 1.82) is 0 Å². The normalized spacial score (nSPS) is 12.1. The van der Waals surface area contributed by atoms with Gasteiger partial charge in [0.05, 0.1) is 6.54 Å². The van der Waals surface area contributed by atoms with Crippen LogP contribution in [0.15, 0.2) is 34.9 Å². The fraction of sp³-hybridized carbons (Fsp3) is 0.308. The minimum absolute atomic E-state index is 0.123. The van der Waals surface area contributed by atoms with Crippen LogP contribution in [0.25, 0.3) is 11.4 Å². The summed E-state index contributed by atoms with van der Waals surface area (Å²) < 4.78 is 5.08. The number of amides is 1. The summed E-state index contributed by atoms with van der Waals surface area (Å²) >= 11 is 0. The molecule has 0 saturated carbocycles. The van der Waals surface area contributed by atoms with Gasteiger partial charge >= 0.3 is 0 Å². The van der Waals surface area contributed by atoms with E-state index in [4.69, 9.17) is 10.3 Å². The van der Waals surface area contributed by atoms with E-state index in [1.165, 1.54) is 0 Å². The number of rotatable bonds is 5. The maximum absolute atomic E-state index is 11.5. The number of carbonyl (C=O) groups is 1. The van der Waals surface area contributed by atoms with Crippen molar-refractivity contribution in [2.45, 2.75) is 13.5 Å². The minimum Gasteiger partial charge on any atom is -0.347 e. The molecule has 2 rings (SSSR count). The molecule has 6 nitrogen and oxygen atoms in total. The topological polar surface area (TPSA) is 94.0 Å². The molecule has 1 heterocycles. The van der Waals surface area contributed by atoms with Crippen molar-refractivity contribution in [1.82, 2.24) is 15.5 Å². The van der Waals surface area contributed by atoms with Crippen LogP contribution in [0.4, 0.5) is 0 Å². The van der Waals surface area contributed by atoms with Crippen LogP contribution >= 0.6 is 0 Å². The molecule has 0 bridgehead atoms. The first-order valence-electron chi connectivity index (χ1n) is 6.06. The second-order valence-electron chi connectivity index (χ2n) is 4.23. The molecule has 1 aromatic heterocycles. The first-order chi connectivity index (χ1) is 9.20. The van der Waals surface area contributed by atoms with Crippen molar-refractivity contribution in [3.05, 3.63) is 36.2 Å². The summed E-state index contributed by atoms with van der Waals surface area (Å²) in [6.45, 7) is 2.28. The summed E-state index contributed by atoms with van der Waals surface area (Å²) in [5.41, 5.74) is 6.28. The molecule has 0 aliphatic carbocycles. The Kier molecular flexibility index (Phi) is 4.25. The van der Waals surface area contributed by atoms with Crippen LogP contribution in [0, 0.1) is 5.92 Å². The summed E-state index contributed by atoms with van der Waals surface area (Å²) in [6, 6.07) is 9.50. The number of carbonyl (C=O) groups excluding carboxylic acids is 1. The van der Waals surface area contributed by atoms with Crippen LogP contribution in [0.2, 0.25) is 0 Å². The highest BCUT2D eigenvalue weighted by Crippen LogP contribution is 2.14. The standard InChI is InChI=1S/C13H16N4O2/c1-9(7-14)13(18)15-8-11-16-12(17-19-11)10-5-3-2-4-6-10/h2-6,9H,7-8,14H2,1H3,(H,15,18). The van der Waals surface area contributed by atoms with Crippen molar-refractivity contribution in [3.8, 4) is 11.4 Å². The number of benzene rings is 1. The summed E-state index contributed by atoms with van der Waals surface area (Å²) in [6.07, 6.45) is 0. The van der Waals surface area contributed by atoms with Crippen molar-refractivity contribution >= 4 is 5.91 Å². The number of aromatic nitrogens is 2. The Morgan fingerprint density at radius 2 is 2.16 bits per heavy atom. The quantitative estimate of drug-likeness (QED) is 0.834. The average molecular weight is 260 g/mol. The summed E-state index contributed by atoms with van der Waals surface area (Å²) in [4.78, 5) is 15.8. The summed E-state index contributed by atoms with van der Waals surface area (Å²) in [7, 11) is 0. The summed E-state index contributed by atoms with van der Waals surface area (Å²) in [5.74, 6) is 0.534. The van der Waals surface area contributed by atoms with Gasteiger partial charge in [-0.05, 0) is 0 Å². The van der Waals surface area contributed by atoms with Crippen LogP contribution < -0.4 is 11.1 Å².